The number of rotatable bonds is 5. The lowest BCUT2D eigenvalue weighted by Crippen LogP contribution is -2.52. The molecule has 0 bridgehead atoms. The van der Waals surface area contributed by atoms with E-state index in [-0.39, 0.29) is 5.91 Å². The van der Waals surface area contributed by atoms with Crippen molar-refractivity contribution in [3.63, 3.8) is 0 Å². The Labute approximate surface area is 113 Å². The number of carbonyl (C=O) groups excluding carboxylic acids is 1. The Morgan fingerprint density at radius 3 is 2.42 bits per heavy atom. The van der Waals surface area contributed by atoms with Crippen molar-refractivity contribution in [3.8, 4) is 0 Å². The molecule has 1 saturated heterocycles. The van der Waals surface area contributed by atoms with Crippen molar-refractivity contribution in [3.05, 3.63) is 0 Å². The van der Waals surface area contributed by atoms with Gasteiger partial charge in [0.2, 0.25) is 5.91 Å². The van der Waals surface area contributed by atoms with E-state index in [4.69, 9.17) is 4.74 Å². The highest BCUT2D eigenvalue weighted by atomic mass is 16.5. The molecule has 5 heteroatoms. The van der Waals surface area contributed by atoms with Crippen LogP contribution in [0.2, 0.25) is 0 Å². The summed E-state index contributed by atoms with van der Waals surface area (Å²) in [7, 11) is 0. The summed E-state index contributed by atoms with van der Waals surface area (Å²) in [6.07, 6.45) is 6.18. The van der Waals surface area contributed by atoms with Gasteiger partial charge < -0.3 is 15.2 Å². The fraction of sp³-hybridized carbons (Fsp3) is 0.857. The number of carbonyl (C=O) groups is 2. The minimum Gasteiger partial charge on any atom is -0.480 e. The Hall–Kier alpha value is -1.10. The van der Waals surface area contributed by atoms with Gasteiger partial charge in [0.05, 0.1) is 0 Å². The van der Waals surface area contributed by atoms with Gasteiger partial charge in [0.25, 0.3) is 0 Å². The molecule has 1 amide bonds. The zero-order valence-corrected chi connectivity index (χ0v) is 11.3. The molecule has 1 heterocycles. The van der Waals surface area contributed by atoms with Gasteiger partial charge in [0, 0.05) is 19.6 Å². The van der Waals surface area contributed by atoms with E-state index in [0.29, 0.717) is 25.2 Å². The van der Waals surface area contributed by atoms with Crippen molar-refractivity contribution in [2.75, 3.05) is 13.2 Å². The van der Waals surface area contributed by atoms with Gasteiger partial charge in [-0.1, -0.05) is 12.8 Å². The first-order valence-corrected chi connectivity index (χ1v) is 7.24. The van der Waals surface area contributed by atoms with E-state index in [9.17, 15) is 14.7 Å². The zero-order chi connectivity index (χ0) is 13.7. The van der Waals surface area contributed by atoms with Crippen LogP contribution >= 0.6 is 0 Å². The molecule has 2 rings (SSSR count). The second-order valence-corrected chi connectivity index (χ2v) is 5.74. The monoisotopic (exact) mass is 269 g/mol. The third kappa shape index (κ3) is 3.69. The number of ether oxygens (including phenoxy) is 1. The highest BCUT2D eigenvalue weighted by Gasteiger charge is 2.42. The van der Waals surface area contributed by atoms with Crippen LogP contribution in [0.4, 0.5) is 0 Å². The second-order valence-electron chi connectivity index (χ2n) is 5.74. The summed E-state index contributed by atoms with van der Waals surface area (Å²) in [6, 6.07) is 0. The van der Waals surface area contributed by atoms with Crippen LogP contribution in [-0.2, 0) is 14.3 Å². The Morgan fingerprint density at radius 2 is 1.84 bits per heavy atom. The summed E-state index contributed by atoms with van der Waals surface area (Å²) in [5, 5.41) is 12.1. The van der Waals surface area contributed by atoms with Crippen molar-refractivity contribution in [1.29, 1.82) is 0 Å². The molecule has 0 atom stereocenters. The van der Waals surface area contributed by atoms with E-state index in [2.05, 4.69) is 5.32 Å². The van der Waals surface area contributed by atoms with Gasteiger partial charge in [-0.05, 0) is 38.0 Å². The fourth-order valence-corrected chi connectivity index (χ4v) is 3.07. The highest BCUT2D eigenvalue weighted by Crippen LogP contribution is 2.30. The first-order chi connectivity index (χ1) is 9.12. The molecule has 0 aromatic rings. The van der Waals surface area contributed by atoms with Gasteiger partial charge in [0.15, 0.2) is 0 Å². The molecule has 0 spiro atoms. The van der Waals surface area contributed by atoms with Crippen LogP contribution in [0.15, 0.2) is 0 Å². The predicted molar refractivity (Wildman–Crippen MR) is 69.8 cm³/mol. The van der Waals surface area contributed by atoms with Gasteiger partial charge in [-0.2, -0.15) is 0 Å². The van der Waals surface area contributed by atoms with Gasteiger partial charge >= 0.3 is 5.97 Å². The molecule has 0 aromatic carbocycles. The lowest BCUT2D eigenvalue weighted by molar-refractivity contribution is -0.147. The largest absolute Gasteiger partial charge is 0.480 e. The minimum absolute atomic E-state index is 0.115. The first-order valence-electron chi connectivity index (χ1n) is 7.24. The fourth-order valence-electron chi connectivity index (χ4n) is 3.07. The number of hydrogen-bond acceptors (Lipinski definition) is 3. The summed E-state index contributed by atoms with van der Waals surface area (Å²) in [5.74, 6) is -0.455. The molecule has 5 nitrogen and oxygen atoms in total. The topological polar surface area (TPSA) is 75.6 Å². The molecule has 1 saturated carbocycles. The van der Waals surface area contributed by atoms with Crippen LogP contribution in [0.3, 0.4) is 0 Å². The first kappa shape index (κ1) is 14.3. The van der Waals surface area contributed by atoms with E-state index >= 15 is 0 Å². The average Bonchev–Trinajstić information content (AvgIpc) is 2.87. The van der Waals surface area contributed by atoms with Crippen molar-refractivity contribution in [2.24, 2.45) is 5.92 Å². The number of aliphatic carboxylic acids is 1. The molecule has 0 aromatic heterocycles. The summed E-state index contributed by atoms with van der Waals surface area (Å²) in [4.78, 5) is 23.3. The standard InChI is InChI=1S/C14H23NO4/c16-12(4-3-11-5-9-19-10-6-11)15-14(13(17)18)7-1-2-8-14/h11H,1-10H2,(H,15,16)(H,17,18). The third-order valence-corrected chi connectivity index (χ3v) is 4.37. The number of hydrogen-bond donors (Lipinski definition) is 2. The molecule has 2 fully saturated rings. The van der Waals surface area contributed by atoms with Gasteiger partial charge in [0.1, 0.15) is 5.54 Å². The zero-order valence-electron chi connectivity index (χ0n) is 11.3. The predicted octanol–water partition coefficient (Wildman–Crippen LogP) is 1.71. The Morgan fingerprint density at radius 1 is 1.21 bits per heavy atom. The molecule has 0 radical (unpaired) electrons. The van der Waals surface area contributed by atoms with Crippen molar-refractivity contribution in [1.82, 2.24) is 5.32 Å². The Bertz CT molecular complexity index is 330. The quantitative estimate of drug-likeness (QED) is 0.796. The number of nitrogens with one attached hydrogen (secondary N) is 1. The normalized spacial score (nSPS) is 23.2. The average molecular weight is 269 g/mol. The van der Waals surface area contributed by atoms with E-state index in [1.165, 1.54) is 0 Å². The van der Waals surface area contributed by atoms with Crippen LogP contribution in [0.25, 0.3) is 0 Å². The molecule has 19 heavy (non-hydrogen) atoms. The summed E-state index contributed by atoms with van der Waals surface area (Å²) in [6.45, 7) is 1.57. The lowest BCUT2D eigenvalue weighted by atomic mass is 9.93. The SMILES string of the molecule is O=C(CCC1CCOCC1)NC1(C(=O)O)CCCC1. The maximum Gasteiger partial charge on any atom is 0.329 e. The molecule has 2 N–H and O–H groups in total. The molecule has 1 aliphatic carbocycles. The highest BCUT2D eigenvalue weighted by molar-refractivity contribution is 5.87. The van der Waals surface area contributed by atoms with Gasteiger partial charge in [-0.3, -0.25) is 4.79 Å². The smallest absolute Gasteiger partial charge is 0.329 e. The summed E-state index contributed by atoms with van der Waals surface area (Å²) in [5.41, 5.74) is -0.993. The van der Waals surface area contributed by atoms with E-state index < -0.39 is 11.5 Å². The molecule has 108 valence electrons. The number of carboxylic acids is 1. The van der Waals surface area contributed by atoms with Crippen molar-refractivity contribution >= 4 is 11.9 Å². The molecule has 1 aliphatic heterocycles. The molecule has 0 unspecified atom stereocenters. The van der Waals surface area contributed by atoms with Crippen LogP contribution in [0.1, 0.15) is 51.4 Å². The van der Waals surface area contributed by atoms with Gasteiger partial charge in [-0.25, -0.2) is 4.79 Å². The molecule has 2 aliphatic rings. The summed E-state index contributed by atoms with van der Waals surface area (Å²) < 4.78 is 5.28. The van der Waals surface area contributed by atoms with Crippen molar-refractivity contribution in [2.45, 2.75) is 56.9 Å². The summed E-state index contributed by atoms with van der Waals surface area (Å²) >= 11 is 0. The Balaban J connectivity index is 1.78. The second kappa shape index (κ2) is 6.37. The van der Waals surface area contributed by atoms with E-state index in [1.807, 2.05) is 0 Å². The minimum atomic E-state index is -0.993. The van der Waals surface area contributed by atoms with Crippen LogP contribution < -0.4 is 5.32 Å². The van der Waals surface area contributed by atoms with Crippen LogP contribution in [-0.4, -0.2) is 35.7 Å². The Kier molecular flexibility index (Phi) is 4.80. The maximum atomic E-state index is 11.9. The van der Waals surface area contributed by atoms with E-state index in [1.54, 1.807) is 0 Å². The maximum absolute atomic E-state index is 11.9. The third-order valence-electron chi connectivity index (χ3n) is 4.37. The number of amides is 1. The van der Waals surface area contributed by atoms with E-state index in [0.717, 1.165) is 45.3 Å². The lowest BCUT2D eigenvalue weighted by Gasteiger charge is -2.26. The van der Waals surface area contributed by atoms with Gasteiger partial charge in [-0.15, -0.1) is 0 Å². The molecular formula is C14H23NO4. The van der Waals surface area contributed by atoms with Crippen LogP contribution in [0, 0.1) is 5.92 Å². The van der Waals surface area contributed by atoms with Crippen LogP contribution in [0.5, 0.6) is 0 Å². The molecular weight excluding hydrogens is 246 g/mol. The van der Waals surface area contributed by atoms with Crippen molar-refractivity contribution < 1.29 is 19.4 Å². The number of carboxylic acid groups (broad SMARTS) is 1.